The minimum Gasteiger partial charge on any atom is -0.466 e. The van der Waals surface area contributed by atoms with E-state index >= 15 is 0 Å². The molecule has 0 rings (SSSR count). The largest absolute Gasteiger partial charge is 0.466 e. The van der Waals surface area contributed by atoms with Crippen LogP contribution in [0, 0.1) is 0 Å². The molecule has 0 bridgehead atoms. The zero-order chi connectivity index (χ0) is 15.1. The average molecular weight is 286 g/mol. The van der Waals surface area contributed by atoms with Crippen LogP contribution in [0.2, 0.25) is 0 Å². The van der Waals surface area contributed by atoms with Gasteiger partial charge in [-0.3, -0.25) is 9.59 Å². The van der Waals surface area contributed by atoms with Gasteiger partial charge in [0, 0.05) is 12.8 Å². The van der Waals surface area contributed by atoms with Gasteiger partial charge in [0.05, 0.1) is 13.2 Å². The van der Waals surface area contributed by atoms with Crippen LogP contribution in [-0.4, -0.2) is 25.2 Å². The molecule has 0 aromatic heterocycles. The predicted molar refractivity (Wildman–Crippen MR) is 79.4 cm³/mol. The molecule has 0 N–H and O–H groups in total. The van der Waals surface area contributed by atoms with Gasteiger partial charge in [0.2, 0.25) is 0 Å². The lowest BCUT2D eigenvalue weighted by molar-refractivity contribution is -0.146. The molecule has 4 heteroatoms. The highest BCUT2D eigenvalue weighted by Crippen LogP contribution is 2.05. The summed E-state index contributed by atoms with van der Waals surface area (Å²) >= 11 is 0. The van der Waals surface area contributed by atoms with Gasteiger partial charge in [0.25, 0.3) is 0 Å². The monoisotopic (exact) mass is 286 g/mol. The molecule has 0 spiro atoms. The van der Waals surface area contributed by atoms with Gasteiger partial charge in [-0.15, -0.1) is 0 Å². The van der Waals surface area contributed by atoms with E-state index in [1.807, 2.05) is 0 Å². The van der Waals surface area contributed by atoms with Crippen molar-refractivity contribution < 1.29 is 19.1 Å². The Morgan fingerprint density at radius 3 is 1.65 bits per heavy atom. The third kappa shape index (κ3) is 13.4. The fraction of sp³-hybridized carbons (Fsp3) is 0.875. The van der Waals surface area contributed by atoms with Crippen molar-refractivity contribution in [2.24, 2.45) is 0 Å². The Balaban J connectivity index is 3.32. The van der Waals surface area contributed by atoms with E-state index in [2.05, 4.69) is 13.8 Å². The van der Waals surface area contributed by atoms with Crippen LogP contribution in [0.15, 0.2) is 0 Å². The molecule has 0 aromatic rings. The van der Waals surface area contributed by atoms with Crippen molar-refractivity contribution in [1.82, 2.24) is 0 Å². The quantitative estimate of drug-likeness (QED) is 0.379. The second kappa shape index (κ2) is 14.4. The summed E-state index contributed by atoms with van der Waals surface area (Å²) in [6.07, 6.45) is 8.56. The number of hydrogen-bond donors (Lipinski definition) is 0. The Bertz CT molecular complexity index is 251. The van der Waals surface area contributed by atoms with Gasteiger partial charge in [-0.05, 0) is 25.7 Å². The van der Waals surface area contributed by atoms with Crippen LogP contribution in [0.25, 0.3) is 0 Å². The molecule has 0 saturated carbocycles. The second-order valence-corrected chi connectivity index (χ2v) is 5.06. The Hall–Kier alpha value is -1.06. The molecule has 0 radical (unpaired) electrons. The van der Waals surface area contributed by atoms with Crippen LogP contribution in [-0.2, 0) is 19.1 Å². The van der Waals surface area contributed by atoms with Crippen LogP contribution < -0.4 is 0 Å². The molecule has 0 saturated heterocycles. The zero-order valence-corrected chi connectivity index (χ0v) is 13.1. The smallest absolute Gasteiger partial charge is 0.305 e. The molecular weight excluding hydrogens is 256 g/mol. The summed E-state index contributed by atoms with van der Waals surface area (Å²) in [4.78, 5) is 22.7. The highest BCUT2D eigenvalue weighted by Gasteiger charge is 2.05. The second-order valence-electron chi connectivity index (χ2n) is 5.06. The highest BCUT2D eigenvalue weighted by molar-refractivity contribution is 5.70. The first-order valence-electron chi connectivity index (χ1n) is 8.02. The van der Waals surface area contributed by atoms with Crippen molar-refractivity contribution in [1.29, 1.82) is 0 Å². The van der Waals surface area contributed by atoms with Gasteiger partial charge < -0.3 is 9.47 Å². The lowest BCUT2D eigenvalue weighted by atomic mass is 10.2. The summed E-state index contributed by atoms with van der Waals surface area (Å²) in [6, 6.07) is 0. The van der Waals surface area contributed by atoms with Crippen molar-refractivity contribution in [3.05, 3.63) is 0 Å². The molecule has 0 atom stereocenters. The molecule has 4 nitrogen and oxygen atoms in total. The molecule has 20 heavy (non-hydrogen) atoms. The maximum atomic E-state index is 11.4. The van der Waals surface area contributed by atoms with Crippen molar-refractivity contribution >= 4 is 11.9 Å². The molecule has 0 fully saturated rings. The minimum atomic E-state index is -0.161. The van der Waals surface area contributed by atoms with Gasteiger partial charge >= 0.3 is 11.9 Å². The Morgan fingerprint density at radius 1 is 0.650 bits per heavy atom. The number of hydrogen-bond acceptors (Lipinski definition) is 4. The van der Waals surface area contributed by atoms with E-state index in [0.29, 0.717) is 38.9 Å². The Labute approximate surface area is 123 Å². The van der Waals surface area contributed by atoms with Crippen molar-refractivity contribution in [2.75, 3.05) is 13.2 Å². The van der Waals surface area contributed by atoms with E-state index in [9.17, 15) is 9.59 Å². The van der Waals surface area contributed by atoms with Crippen molar-refractivity contribution in [3.8, 4) is 0 Å². The topological polar surface area (TPSA) is 52.6 Å². The third-order valence-corrected chi connectivity index (χ3v) is 3.03. The Kier molecular flexibility index (Phi) is 13.6. The van der Waals surface area contributed by atoms with E-state index in [0.717, 1.165) is 25.7 Å². The first-order chi connectivity index (χ1) is 9.70. The molecule has 0 heterocycles. The number of rotatable bonds is 13. The maximum Gasteiger partial charge on any atom is 0.305 e. The first-order valence-corrected chi connectivity index (χ1v) is 8.02. The molecular formula is C16H30O4. The SMILES string of the molecule is CCCCCCOC(=O)CCCCC(=O)OCCCC. The molecule has 0 unspecified atom stereocenters. The number of ether oxygens (including phenoxy) is 2. The summed E-state index contributed by atoms with van der Waals surface area (Å²) in [5, 5.41) is 0. The van der Waals surface area contributed by atoms with E-state index in [1.54, 1.807) is 0 Å². The maximum absolute atomic E-state index is 11.4. The average Bonchev–Trinajstić information content (AvgIpc) is 2.44. The van der Waals surface area contributed by atoms with Gasteiger partial charge in [-0.25, -0.2) is 0 Å². The van der Waals surface area contributed by atoms with Gasteiger partial charge in [0.1, 0.15) is 0 Å². The lowest BCUT2D eigenvalue weighted by Gasteiger charge is -2.05. The summed E-state index contributed by atoms with van der Waals surface area (Å²) in [5.74, 6) is -0.313. The van der Waals surface area contributed by atoms with Crippen LogP contribution in [0.4, 0.5) is 0 Å². The summed E-state index contributed by atoms with van der Waals surface area (Å²) < 4.78 is 10.2. The molecule has 0 aliphatic rings. The highest BCUT2D eigenvalue weighted by atomic mass is 16.5. The van der Waals surface area contributed by atoms with E-state index < -0.39 is 0 Å². The van der Waals surface area contributed by atoms with Gasteiger partial charge in [-0.1, -0.05) is 39.5 Å². The predicted octanol–water partition coefficient (Wildman–Crippen LogP) is 4.01. The molecule has 0 aromatic carbocycles. The summed E-state index contributed by atoms with van der Waals surface area (Å²) in [6.45, 7) is 5.24. The van der Waals surface area contributed by atoms with Gasteiger partial charge in [0.15, 0.2) is 0 Å². The van der Waals surface area contributed by atoms with E-state index in [1.165, 1.54) is 12.8 Å². The fourth-order valence-electron chi connectivity index (χ4n) is 1.73. The number of unbranched alkanes of at least 4 members (excludes halogenated alkanes) is 5. The molecule has 0 amide bonds. The zero-order valence-electron chi connectivity index (χ0n) is 13.1. The van der Waals surface area contributed by atoms with E-state index in [-0.39, 0.29) is 11.9 Å². The summed E-state index contributed by atoms with van der Waals surface area (Å²) in [5.41, 5.74) is 0. The normalized spacial score (nSPS) is 10.3. The van der Waals surface area contributed by atoms with Crippen LogP contribution in [0.1, 0.15) is 78.1 Å². The van der Waals surface area contributed by atoms with Crippen LogP contribution >= 0.6 is 0 Å². The molecule has 118 valence electrons. The van der Waals surface area contributed by atoms with E-state index in [4.69, 9.17) is 9.47 Å². The Morgan fingerprint density at radius 2 is 1.15 bits per heavy atom. The molecule has 0 aliphatic carbocycles. The number of carbonyl (C=O) groups excluding carboxylic acids is 2. The van der Waals surface area contributed by atoms with Crippen molar-refractivity contribution in [3.63, 3.8) is 0 Å². The first kappa shape index (κ1) is 18.9. The minimum absolute atomic E-state index is 0.152. The number of esters is 2. The number of carbonyl (C=O) groups is 2. The van der Waals surface area contributed by atoms with Crippen LogP contribution in [0.5, 0.6) is 0 Å². The molecule has 0 aliphatic heterocycles. The fourth-order valence-corrected chi connectivity index (χ4v) is 1.73. The van der Waals surface area contributed by atoms with Crippen molar-refractivity contribution in [2.45, 2.75) is 78.1 Å². The lowest BCUT2D eigenvalue weighted by Crippen LogP contribution is -2.08. The van der Waals surface area contributed by atoms with Crippen LogP contribution in [0.3, 0.4) is 0 Å². The summed E-state index contributed by atoms with van der Waals surface area (Å²) in [7, 11) is 0. The standard InChI is InChI=1S/C16H30O4/c1-3-5-7-10-14-20-16(18)12-9-8-11-15(17)19-13-6-4-2/h3-14H2,1-2H3. The third-order valence-electron chi connectivity index (χ3n) is 3.03. The van der Waals surface area contributed by atoms with Gasteiger partial charge in [-0.2, -0.15) is 0 Å².